The van der Waals surface area contributed by atoms with E-state index < -0.39 is 0 Å². The van der Waals surface area contributed by atoms with Gasteiger partial charge in [0.25, 0.3) is 0 Å². The van der Waals surface area contributed by atoms with Gasteiger partial charge in [-0.2, -0.15) is 0 Å². The van der Waals surface area contributed by atoms with Crippen LogP contribution in [-0.4, -0.2) is 24.4 Å². The molecule has 5 aliphatic rings. The van der Waals surface area contributed by atoms with Crippen molar-refractivity contribution < 1.29 is 9.84 Å². The molecule has 3 fully saturated rings. The van der Waals surface area contributed by atoms with Crippen LogP contribution in [0.2, 0.25) is 0 Å². The molecule has 7 atom stereocenters. The number of allylic oxidation sites excluding steroid dienone is 3. The normalized spacial score (nSPS) is 50.3. The second kappa shape index (κ2) is 6.46. The van der Waals surface area contributed by atoms with Crippen LogP contribution in [0.1, 0.15) is 72.1 Å². The highest BCUT2D eigenvalue weighted by atomic mass is 16.5. The van der Waals surface area contributed by atoms with E-state index in [0.717, 1.165) is 49.7 Å². The van der Waals surface area contributed by atoms with E-state index in [-0.39, 0.29) is 6.10 Å². The summed E-state index contributed by atoms with van der Waals surface area (Å²) in [6, 6.07) is 0. The fraction of sp³-hybridized carbons (Fsp3) is 0.840. The maximum atomic E-state index is 10.3. The van der Waals surface area contributed by atoms with Crippen molar-refractivity contribution in [1.82, 2.24) is 0 Å². The second-order valence-electron chi connectivity index (χ2n) is 10.9. The van der Waals surface area contributed by atoms with Gasteiger partial charge in [-0.25, -0.2) is 0 Å². The first kappa shape index (κ1) is 18.4. The maximum Gasteiger partial charge on any atom is 0.0577 e. The van der Waals surface area contributed by atoms with Crippen LogP contribution < -0.4 is 0 Å². The highest BCUT2D eigenvalue weighted by molar-refractivity contribution is 5.32. The molecular formula is C25H38O2. The van der Waals surface area contributed by atoms with Gasteiger partial charge in [-0.05, 0) is 91.8 Å². The SMILES string of the molecule is C[C@@H]1C=C2C[C@H](O)CC[C@]2(C)[C@H]2CC[C@]3(C)C(C4CCOCC4)=CC[C@H]3[C@H]12. The standard InChI is InChI=1S/C25H38O2/c1-16-14-18-15-19(26)6-10-24(18,2)22-7-11-25(3)20(4-5-21(25)23(16)22)17-8-12-27-13-9-17/h4,14,16-17,19,21-23,26H,5-13,15H2,1-3H3/t16-,19-,21+,22+,23+,24+,25-/m1/s1. The number of rotatable bonds is 1. The molecule has 1 saturated heterocycles. The largest absolute Gasteiger partial charge is 0.393 e. The Balaban J connectivity index is 1.46. The smallest absolute Gasteiger partial charge is 0.0577 e. The lowest BCUT2D eigenvalue weighted by atomic mass is 9.45. The van der Waals surface area contributed by atoms with Crippen LogP contribution >= 0.6 is 0 Å². The molecule has 0 unspecified atom stereocenters. The first-order chi connectivity index (χ1) is 12.9. The number of ether oxygens (including phenoxy) is 1. The van der Waals surface area contributed by atoms with E-state index in [4.69, 9.17) is 4.74 Å². The van der Waals surface area contributed by atoms with Crippen LogP contribution in [-0.2, 0) is 4.74 Å². The maximum absolute atomic E-state index is 10.3. The Kier molecular flexibility index (Phi) is 4.41. The molecule has 0 amide bonds. The van der Waals surface area contributed by atoms with Gasteiger partial charge in [0.15, 0.2) is 0 Å². The van der Waals surface area contributed by atoms with Gasteiger partial charge >= 0.3 is 0 Å². The van der Waals surface area contributed by atoms with Gasteiger partial charge < -0.3 is 9.84 Å². The summed E-state index contributed by atoms with van der Waals surface area (Å²) in [4.78, 5) is 0. The van der Waals surface area contributed by atoms with E-state index in [1.807, 2.05) is 0 Å². The van der Waals surface area contributed by atoms with Gasteiger partial charge in [-0.15, -0.1) is 0 Å². The molecule has 0 bridgehead atoms. The Morgan fingerprint density at radius 1 is 1.00 bits per heavy atom. The average Bonchev–Trinajstić information content (AvgIpc) is 3.01. The summed E-state index contributed by atoms with van der Waals surface area (Å²) in [5, 5.41) is 10.3. The van der Waals surface area contributed by atoms with Crippen molar-refractivity contribution in [2.45, 2.75) is 78.2 Å². The predicted molar refractivity (Wildman–Crippen MR) is 109 cm³/mol. The minimum absolute atomic E-state index is 0.102. The van der Waals surface area contributed by atoms with Gasteiger partial charge in [0.05, 0.1) is 6.10 Å². The molecule has 150 valence electrons. The van der Waals surface area contributed by atoms with E-state index >= 15 is 0 Å². The van der Waals surface area contributed by atoms with Crippen molar-refractivity contribution in [3.05, 3.63) is 23.3 Å². The number of fused-ring (bicyclic) bond motifs is 5. The third kappa shape index (κ3) is 2.65. The predicted octanol–water partition coefficient (Wildman–Crippen LogP) is 5.52. The molecule has 27 heavy (non-hydrogen) atoms. The summed E-state index contributed by atoms with van der Waals surface area (Å²) in [5.74, 6) is 3.90. The summed E-state index contributed by atoms with van der Waals surface area (Å²) >= 11 is 0. The van der Waals surface area contributed by atoms with Gasteiger partial charge in [0.1, 0.15) is 0 Å². The first-order valence-corrected chi connectivity index (χ1v) is 11.6. The summed E-state index contributed by atoms with van der Waals surface area (Å²) in [6.07, 6.45) is 14.8. The van der Waals surface area contributed by atoms with Crippen molar-refractivity contribution in [3.63, 3.8) is 0 Å². The topological polar surface area (TPSA) is 29.5 Å². The zero-order valence-electron chi connectivity index (χ0n) is 17.5. The van der Waals surface area contributed by atoms with Crippen LogP contribution in [0.25, 0.3) is 0 Å². The van der Waals surface area contributed by atoms with Crippen molar-refractivity contribution >= 4 is 0 Å². The molecule has 0 aromatic rings. The molecular weight excluding hydrogens is 332 g/mol. The second-order valence-corrected chi connectivity index (χ2v) is 10.9. The third-order valence-electron chi connectivity index (χ3n) is 9.71. The molecule has 1 heterocycles. The molecule has 4 aliphatic carbocycles. The Bertz CT molecular complexity index is 657. The van der Waals surface area contributed by atoms with E-state index in [9.17, 15) is 5.11 Å². The van der Waals surface area contributed by atoms with Crippen molar-refractivity contribution in [2.75, 3.05) is 13.2 Å². The zero-order valence-corrected chi connectivity index (χ0v) is 17.5. The van der Waals surface area contributed by atoms with Gasteiger partial charge in [0, 0.05) is 13.2 Å². The number of aliphatic hydroxyl groups is 1. The molecule has 0 aromatic carbocycles. The van der Waals surface area contributed by atoms with E-state index in [1.165, 1.54) is 38.5 Å². The number of hydrogen-bond acceptors (Lipinski definition) is 2. The van der Waals surface area contributed by atoms with Crippen LogP contribution in [0.15, 0.2) is 23.3 Å². The quantitative estimate of drug-likeness (QED) is 0.616. The van der Waals surface area contributed by atoms with Crippen molar-refractivity contribution in [3.8, 4) is 0 Å². The van der Waals surface area contributed by atoms with Crippen LogP contribution in [0.3, 0.4) is 0 Å². The molecule has 2 heteroatoms. The Hall–Kier alpha value is -0.600. The molecule has 1 aliphatic heterocycles. The summed E-state index contributed by atoms with van der Waals surface area (Å²) in [6.45, 7) is 9.54. The van der Waals surface area contributed by atoms with Crippen LogP contribution in [0.4, 0.5) is 0 Å². The number of hydrogen-bond donors (Lipinski definition) is 1. The van der Waals surface area contributed by atoms with E-state index in [0.29, 0.717) is 16.7 Å². The van der Waals surface area contributed by atoms with Gasteiger partial charge in [-0.3, -0.25) is 0 Å². The van der Waals surface area contributed by atoms with Crippen molar-refractivity contribution in [1.29, 1.82) is 0 Å². The average molecular weight is 371 g/mol. The molecule has 0 aromatic heterocycles. The lowest BCUT2D eigenvalue weighted by Crippen LogP contribution is -2.52. The van der Waals surface area contributed by atoms with E-state index in [2.05, 4.69) is 32.9 Å². The van der Waals surface area contributed by atoms with Crippen LogP contribution in [0, 0.1) is 40.4 Å². The molecule has 2 nitrogen and oxygen atoms in total. The summed E-state index contributed by atoms with van der Waals surface area (Å²) < 4.78 is 5.66. The highest BCUT2D eigenvalue weighted by Gasteiger charge is 2.58. The van der Waals surface area contributed by atoms with Crippen molar-refractivity contribution in [2.24, 2.45) is 40.4 Å². The fourth-order valence-electron chi connectivity index (χ4n) is 8.25. The Labute approximate surface area is 165 Å². The molecule has 5 rings (SSSR count). The zero-order chi connectivity index (χ0) is 18.8. The number of aliphatic hydroxyl groups excluding tert-OH is 1. The monoisotopic (exact) mass is 370 g/mol. The molecule has 0 radical (unpaired) electrons. The van der Waals surface area contributed by atoms with E-state index in [1.54, 1.807) is 11.1 Å². The first-order valence-electron chi connectivity index (χ1n) is 11.6. The Morgan fingerprint density at radius 3 is 2.52 bits per heavy atom. The summed E-state index contributed by atoms with van der Waals surface area (Å²) in [5.41, 5.74) is 4.17. The minimum Gasteiger partial charge on any atom is -0.393 e. The Morgan fingerprint density at radius 2 is 1.74 bits per heavy atom. The third-order valence-corrected chi connectivity index (χ3v) is 9.71. The summed E-state index contributed by atoms with van der Waals surface area (Å²) in [7, 11) is 0. The lowest BCUT2D eigenvalue weighted by Gasteiger charge is -2.60. The highest BCUT2D eigenvalue weighted by Crippen LogP contribution is 2.67. The molecule has 0 spiro atoms. The minimum atomic E-state index is -0.102. The molecule has 2 saturated carbocycles. The fourth-order valence-corrected chi connectivity index (χ4v) is 8.25. The molecule has 1 N–H and O–H groups in total. The van der Waals surface area contributed by atoms with Gasteiger partial charge in [0.2, 0.25) is 0 Å². The van der Waals surface area contributed by atoms with Gasteiger partial charge in [-0.1, -0.05) is 44.1 Å². The van der Waals surface area contributed by atoms with Crippen LogP contribution in [0.5, 0.6) is 0 Å². The lowest BCUT2D eigenvalue weighted by molar-refractivity contribution is -0.0519.